The maximum Gasteiger partial charge on any atom is 0.325 e. The number of urea groups is 1. The molecular formula is C17H19N3O2S2. The number of hydrogen-bond acceptors (Lipinski definition) is 5. The Bertz CT molecular complexity index is 771. The zero-order valence-electron chi connectivity index (χ0n) is 13.4. The SMILES string of the molecule is C[C@@H]1CCCC[C@]12NC(=O)N(Cc1csc(-c3ccsc3)n1)C2=O. The Morgan fingerprint density at radius 2 is 2.25 bits per heavy atom. The number of imide groups is 1. The van der Waals surface area contributed by atoms with Gasteiger partial charge < -0.3 is 5.32 Å². The molecule has 0 bridgehead atoms. The molecule has 126 valence electrons. The van der Waals surface area contributed by atoms with Crippen LogP contribution in [0.25, 0.3) is 10.6 Å². The van der Waals surface area contributed by atoms with Crippen LogP contribution in [0.3, 0.4) is 0 Å². The molecule has 2 aromatic heterocycles. The van der Waals surface area contributed by atoms with Crippen LogP contribution in [0.1, 0.15) is 38.3 Å². The van der Waals surface area contributed by atoms with Crippen molar-refractivity contribution in [3.63, 3.8) is 0 Å². The lowest BCUT2D eigenvalue weighted by atomic mass is 9.73. The summed E-state index contributed by atoms with van der Waals surface area (Å²) in [6.45, 7) is 2.32. The predicted molar refractivity (Wildman–Crippen MR) is 94.9 cm³/mol. The van der Waals surface area contributed by atoms with Gasteiger partial charge in [-0.15, -0.1) is 11.3 Å². The second-order valence-corrected chi connectivity index (χ2v) is 8.23. The van der Waals surface area contributed by atoms with Gasteiger partial charge in [-0.25, -0.2) is 9.78 Å². The second kappa shape index (κ2) is 5.97. The Labute approximate surface area is 148 Å². The third kappa shape index (κ3) is 2.46. The van der Waals surface area contributed by atoms with Crippen LogP contribution in [-0.2, 0) is 11.3 Å². The van der Waals surface area contributed by atoms with Gasteiger partial charge in [-0.2, -0.15) is 11.3 Å². The first-order valence-electron chi connectivity index (χ1n) is 8.21. The minimum Gasteiger partial charge on any atom is -0.323 e. The molecule has 1 N–H and O–H groups in total. The van der Waals surface area contributed by atoms with Gasteiger partial charge in [0.2, 0.25) is 0 Å². The van der Waals surface area contributed by atoms with E-state index < -0.39 is 5.54 Å². The molecule has 2 aromatic rings. The van der Waals surface area contributed by atoms with E-state index in [4.69, 9.17) is 0 Å². The lowest BCUT2D eigenvalue weighted by molar-refractivity contribution is -0.134. The number of nitrogens with zero attached hydrogens (tertiary/aromatic N) is 2. The number of hydrogen-bond donors (Lipinski definition) is 1. The van der Waals surface area contributed by atoms with Crippen LogP contribution < -0.4 is 5.32 Å². The Morgan fingerprint density at radius 3 is 3.00 bits per heavy atom. The van der Waals surface area contributed by atoms with Crippen molar-refractivity contribution >= 4 is 34.6 Å². The first kappa shape index (κ1) is 15.8. The van der Waals surface area contributed by atoms with Gasteiger partial charge in [-0.05, 0) is 30.2 Å². The number of thiazole rings is 1. The molecule has 1 saturated carbocycles. The van der Waals surface area contributed by atoms with E-state index in [1.807, 2.05) is 16.8 Å². The summed E-state index contributed by atoms with van der Waals surface area (Å²) < 4.78 is 0. The fourth-order valence-electron chi connectivity index (χ4n) is 3.70. The second-order valence-electron chi connectivity index (χ2n) is 6.60. The molecule has 5 nitrogen and oxygen atoms in total. The fraction of sp³-hybridized carbons (Fsp3) is 0.471. The molecule has 1 aliphatic carbocycles. The minimum absolute atomic E-state index is 0.0789. The van der Waals surface area contributed by atoms with Crippen molar-refractivity contribution in [1.82, 2.24) is 15.2 Å². The largest absolute Gasteiger partial charge is 0.325 e. The van der Waals surface area contributed by atoms with Crippen molar-refractivity contribution < 1.29 is 9.59 Å². The summed E-state index contributed by atoms with van der Waals surface area (Å²) in [6, 6.07) is 1.75. The summed E-state index contributed by atoms with van der Waals surface area (Å²) in [5.41, 5.74) is 1.16. The van der Waals surface area contributed by atoms with Gasteiger partial charge in [-0.3, -0.25) is 9.69 Å². The molecule has 2 fully saturated rings. The molecule has 3 amide bonds. The highest BCUT2D eigenvalue weighted by atomic mass is 32.1. The van der Waals surface area contributed by atoms with Gasteiger partial charge in [-0.1, -0.05) is 19.8 Å². The molecule has 2 atom stereocenters. The zero-order valence-corrected chi connectivity index (χ0v) is 15.1. The number of thiophene rings is 1. The third-order valence-corrected chi connectivity index (χ3v) is 6.76. The summed E-state index contributed by atoms with van der Waals surface area (Å²) in [6.07, 6.45) is 3.84. The maximum absolute atomic E-state index is 13.0. The third-order valence-electron chi connectivity index (χ3n) is 5.14. The molecule has 1 spiro atoms. The van der Waals surface area contributed by atoms with Gasteiger partial charge in [0.25, 0.3) is 5.91 Å². The molecule has 0 unspecified atom stereocenters. The molecule has 2 aliphatic rings. The van der Waals surface area contributed by atoms with Gasteiger partial charge in [0.1, 0.15) is 10.5 Å². The monoisotopic (exact) mass is 361 g/mol. The molecule has 1 aliphatic heterocycles. The van der Waals surface area contributed by atoms with E-state index in [1.54, 1.807) is 22.7 Å². The Kier molecular flexibility index (Phi) is 3.92. The van der Waals surface area contributed by atoms with Crippen LogP contribution in [0, 0.1) is 5.92 Å². The Morgan fingerprint density at radius 1 is 1.38 bits per heavy atom. The van der Waals surface area contributed by atoms with Crippen LogP contribution in [0.5, 0.6) is 0 Å². The summed E-state index contributed by atoms with van der Waals surface area (Å²) in [5.74, 6) is 0.106. The van der Waals surface area contributed by atoms with E-state index in [1.165, 1.54) is 4.90 Å². The quantitative estimate of drug-likeness (QED) is 0.844. The van der Waals surface area contributed by atoms with Crippen LogP contribution >= 0.6 is 22.7 Å². The standard InChI is InChI=1S/C17H19N3O2S2/c1-11-4-2-3-6-17(11)15(21)20(16(22)19-17)8-13-10-24-14(18-13)12-5-7-23-9-12/h5,7,9-11H,2-4,6,8H2,1H3,(H,19,22)/t11-,17+/m1/s1. The van der Waals surface area contributed by atoms with Crippen molar-refractivity contribution in [3.8, 4) is 10.6 Å². The van der Waals surface area contributed by atoms with Crippen LogP contribution in [0.4, 0.5) is 4.79 Å². The van der Waals surface area contributed by atoms with Crippen molar-refractivity contribution in [2.45, 2.75) is 44.7 Å². The molecule has 0 radical (unpaired) electrons. The van der Waals surface area contributed by atoms with Gasteiger partial charge in [0.15, 0.2) is 0 Å². The summed E-state index contributed by atoms with van der Waals surface area (Å²) in [5, 5.41) is 9.92. The highest BCUT2D eigenvalue weighted by Crippen LogP contribution is 2.38. The first-order valence-corrected chi connectivity index (χ1v) is 10.0. The molecule has 1 saturated heterocycles. The van der Waals surface area contributed by atoms with Gasteiger partial charge in [0.05, 0.1) is 12.2 Å². The maximum atomic E-state index is 13.0. The molecule has 4 rings (SSSR count). The highest BCUT2D eigenvalue weighted by molar-refractivity contribution is 7.14. The molecular weight excluding hydrogens is 342 g/mol. The smallest absolute Gasteiger partial charge is 0.323 e. The highest BCUT2D eigenvalue weighted by Gasteiger charge is 2.54. The molecule has 3 heterocycles. The number of amides is 3. The van der Waals surface area contributed by atoms with E-state index in [-0.39, 0.29) is 24.4 Å². The van der Waals surface area contributed by atoms with Crippen molar-refractivity contribution in [2.24, 2.45) is 5.92 Å². The predicted octanol–water partition coefficient (Wildman–Crippen LogP) is 3.87. The van der Waals surface area contributed by atoms with Gasteiger partial charge in [0, 0.05) is 16.3 Å². The summed E-state index contributed by atoms with van der Waals surface area (Å²) >= 11 is 3.18. The van der Waals surface area contributed by atoms with Crippen molar-refractivity contribution in [2.75, 3.05) is 0 Å². The number of aromatic nitrogens is 1. The number of carbonyl (C=O) groups is 2. The number of rotatable bonds is 3. The number of carbonyl (C=O) groups excluding carboxylic acids is 2. The normalized spacial score (nSPS) is 27.0. The molecule has 0 aromatic carbocycles. The zero-order chi connectivity index (χ0) is 16.7. The van der Waals surface area contributed by atoms with E-state index in [9.17, 15) is 9.59 Å². The van der Waals surface area contributed by atoms with E-state index in [0.717, 1.165) is 41.9 Å². The van der Waals surface area contributed by atoms with E-state index in [0.29, 0.717) is 0 Å². The topological polar surface area (TPSA) is 62.3 Å². The first-order chi connectivity index (χ1) is 11.6. The average molecular weight is 361 g/mol. The minimum atomic E-state index is -0.693. The van der Waals surface area contributed by atoms with Crippen LogP contribution in [0.2, 0.25) is 0 Å². The lowest BCUT2D eigenvalue weighted by Gasteiger charge is -2.36. The Hall–Kier alpha value is -1.73. The van der Waals surface area contributed by atoms with Gasteiger partial charge >= 0.3 is 6.03 Å². The average Bonchev–Trinajstić information content (AvgIpc) is 3.28. The van der Waals surface area contributed by atoms with Crippen LogP contribution in [-0.4, -0.2) is 27.4 Å². The Balaban J connectivity index is 1.55. The fourth-order valence-corrected chi connectivity index (χ4v) is 5.22. The molecule has 7 heteroatoms. The van der Waals surface area contributed by atoms with Crippen molar-refractivity contribution in [1.29, 1.82) is 0 Å². The van der Waals surface area contributed by atoms with E-state index in [2.05, 4.69) is 22.6 Å². The van der Waals surface area contributed by atoms with Crippen molar-refractivity contribution in [3.05, 3.63) is 27.9 Å². The van der Waals surface area contributed by atoms with E-state index >= 15 is 0 Å². The summed E-state index contributed by atoms with van der Waals surface area (Å²) in [7, 11) is 0. The molecule has 24 heavy (non-hydrogen) atoms. The lowest BCUT2D eigenvalue weighted by Crippen LogP contribution is -2.53. The van der Waals surface area contributed by atoms with Crippen LogP contribution in [0.15, 0.2) is 22.2 Å². The summed E-state index contributed by atoms with van der Waals surface area (Å²) in [4.78, 5) is 31.3. The number of nitrogens with one attached hydrogen (secondary N) is 1.